The summed E-state index contributed by atoms with van der Waals surface area (Å²) in [6.07, 6.45) is 0. The summed E-state index contributed by atoms with van der Waals surface area (Å²) in [5.41, 5.74) is 1.79. The van der Waals surface area contributed by atoms with Crippen LogP contribution < -0.4 is 0 Å². The lowest BCUT2D eigenvalue weighted by Gasteiger charge is -2.05. The van der Waals surface area contributed by atoms with E-state index < -0.39 is 5.97 Å². The lowest BCUT2D eigenvalue weighted by atomic mass is 10.1. The van der Waals surface area contributed by atoms with Crippen LogP contribution in [0.15, 0.2) is 42.5 Å². The minimum atomic E-state index is -0.461. The Morgan fingerprint density at radius 1 is 1.20 bits per heavy atom. The molecule has 2 rings (SSSR count). The Bertz CT molecular complexity index is 556. The Labute approximate surface area is 124 Å². The van der Waals surface area contributed by atoms with E-state index in [0.29, 0.717) is 17.3 Å². The van der Waals surface area contributed by atoms with Crippen LogP contribution in [-0.2, 0) is 4.74 Å². The van der Waals surface area contributed by atoms with E-state index in [9.17, 15) is 4.79 Å². The summed E-state index contributed by atoms with van der Waals surface area (Å²) in [5.74, 6) is -0.461. The smallest absolute Gasteiger partial charge is 0.356 e. The average molecular weight is 292 g/mol. The van der Waals surface area contributed by atoms with Gasteiger partial charge in [0.1, 0.15) is 0 Å². The van der Waals surface area contributed by atoms with Gasteiger partial charge in [0.05, 0.1) is 12.3 Å². The van der Waals surface area contributed by atoms with Crippen molar-refractivity contribution in [2.75, 3.05) is 6.61 Å². The van der Waals surface area contributed by atoms with Crippen LogP contribution in [0.1, 0.15) is 31.3 Å². The van der Waals surface area contributed by atoms with E-state index >= 15 is 0 Å². The van der Waals surface area contributed by atoms with Gasteiger partial charge < -0.3 is 4.74 Å². The fourth-order valence-electron chi connectivity index (χ4n) is 1.56. The summed E-state index contributed by atoms with van der Waals surface area (Å²) in [6.45, 7) is 6.06. The highest BCUT2D eigenvalue weighted by Crippen LogP contribution is 2.21. The molecule has 1 aromatic carbocycles. The second kappa shape index (κ2) is 8.33. The van der Waals surface area contributed by atoms with E-state index in [0.717, 1.165) is 5.56 Å². The van der Waals surface area contributed by atoms with Crippen molar-refractivity contribution in [1.29, 1.82) is 0 Å². The SMILES string of the molecule is CC.CCOC(=O)c1cc(Cl)cc(-c2ccccc2)n1. The number of benzene rings is 1. The highest BCUT2D eigenvalue weighted by Gasteiger charge is 2.11. The lowest BCUT2D eigenvalue weighted by Crippen LogP contribution is -2.07. The Balaban J connectivity index is 0.000000956. The van der Waals surface area contributed by atoms with Crippen molar-refractivity contribution in [3.8, 4) is 11.3 Å². The third kappa shape index (κ3) is 4.35. The number of hydrogen-bond acceptors (Lipinski definition) is 3. The first-order valence-electron chi connectivity index (χ1n) is 6.61. The van der Waals surface area contributed by atoms with E-state index in [4.69, 9.17) is 16.3 Å². The summed E-state index contributed by atoms with van der Waals surface area (Å²) < 4.78 is 4.91. The largest absolute Gasteiger partial charge is 0.461 e. The van der Waals surface area contributed by atoms with Crippen molar-refractivity contribution >= 4 is 17.6 Å². The van der Waals surface area contributed by atoms with Crippen LogP contribution in [-0.4, -0.2) is 17.6 Å². The van der Waals surface area contributed by atoms with Crippen molar-refractivity contribution in [3.05, 3.63) is 53.2 Å². The minimum Gasteiger partial charge on any atom is -0.461 e. The first-order valence-corrected chi connectivity index (χ1v) is 6.98. The highest BCUT2D eigenvalue weighted by molar-refractivity contribution is 6.31. The first kappa shape index (κ1) is 16.2. The number of esters is 1. The fourth-order valence-corrected chi connectivity index (χ4v) is 1.77. The summed E-state index contributed by atoms with van der Waals surface area (Å²) in [5, 5.41) is 0.465. The molecule has 0 aliphatic rings. The zero-order chi connectivity index (χ0) is 15.0. The third-order valence-corrected chi connectivity index (χ3v) is 2.56. The number of rotatable bonds is 3. The van der Waals surface area contributed by atoms with Gasteiger partial charge >= 0.3 is 5.97 Å². The molecule has 0 spiro atoms. The molecule has 0 aliphatic heterocycles. The number of ether oxygens (including phenoxy) is 1. The van der Waals surface area contributed by atoms with Crippen molar-refractivity contribution in [1.82, 2.24) is 4.98 Å². The van der Waals surface area contributed by atoms with Gasteiger partial charge in [0.2, 0.25) is 0 Å². The molecule has 0 N–H and O–H groups in total. The maximum Gasteiger partial charge on any atom is 0.356 e. The topological polar surface area (TPSA) is 39.2 Å². The molecule has 0 radical (unpaired) electrons. The standard InChI is InChI=1S/C14H12ClNO2.C2H6/c1-2-18-14(17)13-9-11(15)8-12(16-13)10-6-4-3-5-7-10;1-2/h3-9H,2H2,1H3;1-2H3. The Morgan fingerprint density at radius 3 is 2.45 bits per heavy atom. The van der Waals surface area contributed by atoms with Crippen molar-refractivity contribution in [3.63, 3.8) is 0 Å². The number of halogens is 1. The first-order chi connectivity index (χ1) is 9.70. The van der Waals surface area contributed by atoms with Crippen LogP contribution in [0.3, 0.4) is 0 Å². The molecule has 3 nitrogen and oxygen atoms in total. The molecule has 0 unspecified atom stereocenters. The number of carbonyl (C=O) groups excluding carboxylic acids is 1. The third-order valence-electron chi connectivity index (χ3n) is 2.34. The molecule has 0 aliphatic carbocycles. The van der Waals surface area contributed by atoms with Crippen LogP contribution in [0.2, 0.25) is 5.02 Å². The second-order valence-corrected chi connectivity index (χ2v) is 4.08. The van der Waals surface area contributed by atoms with Crippen LogP contribution in [0.4, 0.5) is 0 Å². The molecular weight excluding hydrogens is 274 g/mol. The molecule has 1 aromatic heterocycles. The quantitative estimate of drug-likeness (QED) is 0.776. The van der Waals surface area contributed by atoms with Gasteiger partial charge in [-0.05, 0) is 19.1 Å². The molecular formula is C16H18ClNO2. The van der Waals surface area contributed by atoms with Gasteiger partial charge in [-0.2, -0.15) is 0 Å². The summed E-state index contributed by atoms with van der Waals surface area (Å²) in [6, 6.07) is 12.8. The molecule has 20 heavy (non-hydrogen) atoms. The minimum absolute atomic E-state index is 0.225. The number of pyridine rings is 1. The summed E-state index contributed by atoms with van der Waals surface area (Å²) in [4.78, 5) is 15.9. The maximum atomic E-state index is 11.6. The van der Waals surface area contributed by atoms with E-state index in [1.54, 1.807) is 13.0 Å². The Kier molecular flexibility index (Phi) is 6.74. The summed E-state index contributed by atoms with van der Waals surface area (Å²) in [7, 11) is 0. The van der Waals surface area contributed by atoms with E-state index in [2.05, 4.69) is 4.98 Å². The molecule has 0 saturated carbocycles. The molecule has 0 saturated heterocycles. The normalized spacial score (nSPS) is 9.40. The molecule has 0 atom stereocenters. The van der Waals surface area contributed by atoms with Crippen molar-refractivity contribution in [2.45, 2.75) is 20.8 Å². The van der Waals surface area contributed by atoms with E-state index in [1.807, 2.05) is 44.2 Å². The Hall–Kier alpha value is -1.87. The number of carbonyl (C=O) groups is 1. The van der Waals surface area contributed by atoms with Gasteiger partial charge in [-0.15, -0.1) is 0 Å². The molecule has 0 amide bonds. The second-order valence-electron chi connectivity index (χ2n) is 3.64. The van der Waals surface area contributed by atoms with Gasteiger partial charge in [0, 0.05) is 10.6 Å². The van der Waals surface area contributed by atoms with E-state index in [1.165, 1.54) is 6.07 Å². The highest BCUT2D eigenvalue weighted by atomic mass is 35.5. The predicted octanol–water partition coefficient (Wildman–Crippen LogP) is 4.60. The zero-order valence-corrected chi connectivity index (χ0v) is 12.6. The molecule has 2 aromatic rings. The van der Waals surface area contributed by atoms with Gasteiger partial charge in [-0.25, -0.2) is 9.78 Å². The number of aromatic nitrogens is 1. The van der Waals surface area contributed by atoms with Crippen molar-refractivity contribution < 1.29 is 9.53 Å². The molecule has 0 fully saturated rings. The number of nitrogens with zero attached hydrogens (tertiary/aromatic N) is 1. The van der Waals surface area contributed by atoms with Gasteiger partial charge in [-0.1, -0.05) is 55.8 Å². The van der Waals surface area contributed by atoms with Crippen LogP contribution >= 0.6 is 11.6 Å². The molecule has 0 bridgehead atoms. The monoisotopic (exact) mass is 291 g/mol. The Morgan fingerprint density at radius 2 is 1.85 bits per heavy atom. The zero-order valence-electron chi connectivity index (χ0n) is 11.9. The van der Waals surface area contributed by atoms with Crippen LogP contribution in [0, 0.1) is 0 Å². The van der Waals surface area contributed by atoms with Gasteiger partial charge in [0.25, 0.3) is 0 Å². The number of hydrogen-bond donors (Lipinski definition) is 0. The van der Waals surface area contributed by atoms with E-state index in [-0.39, 0.29) is 5.69 Å². The van der Waals surface area contributed by atoms with Crippen molar-refractivity contribution in [2.24, 2.45) is 0 Å². The molecule has 4 heteroatoms. The summed E-state index contributed by atoms with van der Waals surface area (Å²) >= 11 is 6.00. The van der Waals surface area contributed by atoms with Gasteiger partial charge in [-0.3, -0.25) is 0 Å². The average Bonchev–Trinajstić information content (AvgIpc) is 2.50. The molecule has 106 valence electrons. The molecule has 1 heterocycles. The maximum absolute atomic E-state index is 11.6. The van der Waals surface area contributed by atoms with Gasteiger partial charge in [0.15, 0.2) is 5.69 Å². The van der Waals surface area contributed by atoms with Crippen LogP contribution in [0.25, 0.3) is 11.3 Å². The predicted molar refractivity (Wildman–Crippen MR) is 82.0 cm³/mol. The lowest BCUT2D eigenvalue weighted by molar-refractivity contribution is 0.0519. The fraction of sp³-hybridized carbons (Fsp3) is 0.250. The van der Waals surface area contributed by atoms with Crippen LogP contribution in [0.5, 0.6) is 0 Å².